The van der Waals surface area contributed by atoms with E-state index in [0.29, 0.717) is 21.5 Å². The van der Waals surface area contributed by atoms with Crippen LogP contribution in [0.2, 0.25) is 0 Å². The minimum atomic E-state index is -0.0126. The second kappa shape index (κ2) is 5.14. The first-order valence-corrected chi connectivity index (χ1v) is 8.42. The van der Waals surface area contributed by atoms with Gasteiger partial charge >= 0.3 is 0 Å². The van der Waals surface area contributed by atoms with E-state index in [0.717, 1.165) is 11.1 Å². The van der Waals surface area contributed by atoms with Crippen LogP contribution in [0.25, 0.3) is 21.5 Å². The summed E-state index contributed by atoms with van der Waals surface area (Å²) in [6, 6.07) is 11.9. The molecule has 0 aromatic heterocycles. The first kappa shape index (κ1) is 16.6. The molecule has 3 rings (SSSR count). The van der Waals surface area contributed by atoms with Gasteiger partial charge in [-0.15, -0.1) is 0 Å². The predicted molar refractivity (Wildman–Crippen MR) is 102 cm³/mol. The summed E-state index contributed by atoms with van der Waals surface area (Å²) >= 11 is 0. The molecule has 0 aliphatic rings. The van der Waals surface area contributed by atoms with Crippen LogP contribution in [0.5, 0.6) is 11.5 Å². The Morgan fingerprint density at radius 1 is 0.542 bits per heavy atom. The highest BCUT2D eigenvalue weighted by Gasteiger charge is 2.20. The minimum absolute atomic E-state index is 0.0126. The van der Waals surface area contributed by atoms with E-state index in [9.17, 15) is 10.2 Å². The molecule has 24 heavy (non-hydrogen) atoms. The molecule has 3 aromatic carbocycles. The summed E-state index contributed by atoms with van der Waals surface area (Å²) < 4.78 is 0. The average Bonchev–Trinajstić information content (AvgIpc) is 2.49. The second-order valence-electron chi connectivity index (χ2n) is 8.72. The van der Waals surface area contributed by atoms with Crippen molar-refractivity contribution in [3.8, 4) is 11.5 Å². The molecule has 3 aromatic rings. The van der Waals surface area contributed by atoms with Gasteiger partial charge in [-0.2, -0.15) is 0 Å². The van der Waals surface area contributed by atoms with Crippen LogP contribution < -0.4 is 0 Å². The van der Waals surface area contributed by atoms with Crippen LogP contribution in [0.3, 0.4) is 0 Å². The number of rotatable bonds is 0. The fourth-order valence-corrected chi connectivity index (χ4v) is 3.12. The molecule has 0 unspecified atom stereocenters. The smallest absolute Gasteiger partial charge is 0.131 e. The third-order valence-electron chi connectivity index (χ3n) is 4.79. The Labute approximate surface area is 143 Å². The van der Waals surface area contributed by atoms with Crippen molar-refractivity contribution in [2.24, 2.45) is 0 Å². The van der Waals surface area contributed by atoms with E-state index in [4.69, 9.17) is 0 Å². The maximum Gasteiger partial charge on any atom is 0.131 e. The molecule has 0 spiro atoms. The van der Waals surface area contributed by atoms with Gasteiger partial charge in [0, 0.05) is 21.5 Å². The van der Waals surface area contributed by atoms with E-state index < -0.39 is 0 Å². The lowest BCUT2D eigenvalue weighted by Crippen LogP contribution is -2.11. The van der Waals surface area contributed by atoms with Crippen molar-refractivity contribution in [1.82, 2.24) is 0 Å². The topological polar surface area (TPSA) is 40.5 Å². The van der Waals surface area contributed by atoms with E-state index in [1.54, 1.807) is 0 Å². The Hall–Kier alpha value is -2.22. The molecule has 0 aliphatic carbocycles. The van der Waals surface area contributed by atoms with Crippen LogP contribution >= 0.6 is 0 Å². The highest BCUT2D eigenvalue weighted by Crippen LogP contribution is 2.43. The van der Waals surface area contributed by atoms with Crippen LogP contribution in [0.1, 0.15) is 52.7 Å². The van der Waals surface area contributed by atoms with E-state index in [1.807, 2.05) is 36.4 Å². The minimum Gasteiger partial charge on any atom is -0.507 e. The summed E-state index contributed by atoms with van der Waals surface area (Å²) in [5.74, 6) is 0.480. The average molecular weight is 322 g/mol. The molecular weight excluding hydrogens is 296 g/mol. The lowest BCUT2D eigenvalue weighted by Gasteiger charge is -2.22. The van der Waals surface area contributed by atoms with E-state index in [1.165, 1.54) is 0 Å². The van der Waals surface area contributed by atoms with Crippen LogP contribution in [0.15, 0.2) is 36.4 Å². The first-order chi connectivity index (χ1) is 11.0. The van der Waals surface area contributed by atoms with Gasteiger partial charge in [0.2, 0.25) is 0 Å². The molecular formula is C22H26O2. The highest BCUT2D eigenvalue weighted by atomic mass is 16.3. The molecule has 2 N–H and O–H groups in total. The molecule has 2 nitrogen and oxygen atoms in total. The zero-order valence-electron chi connectivity index (χ0n) is 15.4. The van der Waals surface area contributed by atoms with Gasteiger partial charge in [0.15, 0.2) is 0 Å². The van der Waals surface area contributed by atoms with Crippen molar-refractivity contribution in [1.29, 1.82) is 0 Å². The molecule has 0 amide bonds. The lowest BCUT2D eigenvalue weighted by molar-refractivity contribution is 0.478. The number of hydrogen-bond donors (Lipinski definition) is 2. The van der Waals surface area contributed by atoms with Gasteiger partial charge in [0.1, 0.15) is 11.5 Å². The van der Waals surface area contributed by atoms with Crippen molar-refractivity contribution in [2.75, 3.05) is 0 Å². The molecule has 0 aliphatic heterocycles. The molecule has 2 heteroatoms. The van der Waals surface area contributed by atoms with Crippen molar-refractivity contribution in [3.05, 3.63) is 47.5 Å². The maximum atomic E-state index is 10.8. The molecule has 0 heterocycles. The predicted octanol–water partition coefficient (Wildman–Crippen LogP) is 6.00. The fraction of sp³-hybridized carbons (Fsp3) is 0.364. The normalized spacial score (nSPS) is 12.9. The standard InChI is InChI=1S/C22H26O2/c1-21(2,3)13-7-9-15-17(11-13)19(23)16-10-8-14(22(4,5)6)12-18(16)20(15)24/h7-12,23-24H,1-6H3. The molecule has 126 valence electrons. The van der Waals surface area contributed by atoms with Crippen LogP contribution in [0, 0.1) is 0 Å². The number of benzene rings is 3. The van der Waals surface area contributed by atoms with Gasteiger partial charge in [-0.25, -0.2) is 0 Å². The Balaban J connectivity index is 2.39. The van der Waals surface area contributed by atoms with Crippen molar-refractivity contribution < 1.29 is 10.2 Å². The number of aromatic hydroxyl groups is 2. The molecule has 0 saturated carbocycles. The Kier molecular flexibility index (Phi) is 3.56. The summed E-state index contributed by atoms with van der Waals surface area (Å²) in [7, 11) is 0. The summed E-state index contributed by atoms with van der Waals surface area (Å²) in [5.41, 5.74) is 2.24. The van der Waals surface area contributed by atoms with Crippen molar-refractivity contribution in [2.45, 2.75) is 52.4 Å². The number of hydrogen-bond acceptors (Lipinski definition) is 2. The Morgan fingerprint density at radius 3 is 1.17 bits per heavy atom. The van der Waals surface area contributed by atoms with Gasteiger partial charge in [-0.1, -0.05) is 65.8 Å². The molecule has 0 atom stereocenters. The first-order valence-electron chi connectivity index (χ1n) is 8.42. The van der Waals surface area contributed by atoms with E-state index in [2.05, 4.69) is 41.5 Å². The SMILES string of the molecule is CC(C)(C)c1ccc2c(O)c3cc(C(C)(C)C)ccc3c(O)c2c1. The van der Waals surface area contributed by atoms with Gasteiger partial charge in [-0.05, 0) is 34.1 Å². The van der Waals surface area contributed by atoms with Crippen LogP contribution in [-0.2, 0) is 10.8 Å². The van der Waals surface area contributed by atoms with Crippen LogP contribution in [-0.4, -0.2) is 10.2 Å². The van der Waals surface area contributed by atoms with Gasteiger partial charge in [0.05, 0.1) is 0 Å². The fourth-order valence-electron chi connectivity index (χ4n) is 3.12. The monoisotopic (exact) mass is 322 g/mol. The highest BCUT2D eigenvalue weighted by molar-refractivity contribution is 6.10. The zero-order valence-corrected chi connectivity index (χ0v) is 15.4. The zero-order chi connectivity index (χ0) is 17.9. The molecule has 0 radical (unpaired) electrons. The summed E-state index contributed by atoms with van der Waals surface area (Å²) in [5, 5.41) is 24.4. The number of phenols is 2. The summed E-state index contributed by atoms with van der Waals surface area (Å²) in [6.07, 6.45) is 0. The lowest BCUT2D eigenvalue weighted by atomic mass is 9.83. The van der Waals surface area contributed by atoms with Gasteiger partial charge in [-0.3, -0.25) is 0 Å². The third-order valence-corrected chi connectivity index (χ3v) is 4.79. The van der Waals surface area contributed by atoms with E-state index >= 15 is 0 Å². The largest absolute Gasteiger partial charge is 0.507 e. The van der Waals surface area contributed by atoms with Gasteiger partial charge in [0.25, 0.3) is 0 Å². The summed E-state index contributed by atoms with van der Waals surface area (Å²) in [6.45, 7) is 12.8. The van der Waals surface area contributed by atoms with E-state index in [-0.39, 0.29) is 22.3 Å². The number of phenolic OH excluding ortho intramolecular Hbond substituents is 2. The van der Waals surface area contributed by atoms with Crippen molar-refractivity contribution in [3.63, 3.8) is 0 Å². The second-order valence-corrected chi connectivity index (χ2v) is 8.72. The van der Waals surface area contributed by atoms with Crippen molar-refractivity contribution >= 4 is 21.5 Å². The third kappa shape index (κ3) is 2.60. The summed E-state index contributed by atoms with van der Waals surface area (Å²) in [4.78, 5) is 0. The molecule has 0 bridgehead atoms. The molecule has 0 saturated heterocycles. The molecule has 0 fully saturated rings. The Morgan fingerprint density at radius 2 is 0.875 bits per heavy atom. The maximum absolute atomic E-state index is 10.8. The Bertz CT molecular complexity index is 859. The number of fused-ring (bicyclic) bond motifs is 2. The quantitative estimate of drug-likeness (QED) is 0.393. The van der Waals surface area contributed by atoms with Crippen LogP contribution in [0.4, 0.5) is 0 Å². The van der Waals surface area contributed by atoms with Gasteiger partial charge < -0.3 is 10.2 Å².